The molecule has 2 heterocycles. The van der Waals surface area contributed by atoms with Crippen LogP contribution in [0.5, 0.6) is 5.75 Å². The van der Waals surface area contributed by atoms with Crippen molar-refractivity contribution in [3.63, 3.8) is 0 Å². The van der Waals surface area contributed by atoms with Gasteiger partial charge < -0.3 is 19.6 Å². The number of benzene rings is 1. The highest BCUT2D eigenvalue weighted by molar-refractivity contribution is 5.76. The molecule has 1 aromatic carbocycles. The lowest BCUT2D eigenvalue weighted by molar-refractivity contribution is -0.142. The molecule has 0 radical (unpaired) electrons. The van der Waals surface area contributed by atoms with Crippen LogP contribution in [0.3, 0.4) is 0 Å². The van der Waals surface area contributed by atoms with E-state index in [9.17, 15) is 14.7 Å². The van der Waals surface area contributed by atoms with E-state index in [4.69, 9.17) is 4.74 Å². The molecule has 2 saturated heterocycles. The molecule has 1 aliphatic carbocycles. The molecule has 0 bridgehead atoms. The number of carbonyl (C=O) groups is 2. The van der Waals surface area contributed by atoms with Crippen molar-refractivity contribution in [2.24, 2.45) is 11.8 Å². The second-order valence-electron chi connectivity index (χ2n) is 10.6. The summed E-state index contributed by atoms with van der Waals surface area (Å²) < 4.78 is 5.71. The minimum Gasteiger partial charge on any atom is -0.410 e. The average molecular weight is 459 g/mol. The zero-order valence-corrected chi connectivity index (χ0v) is 20.2. The highest BCUT2D eigenvalue weighted by Gasteiger charge is 2.48. The zero-order chi connectivity index (χ0) is 23.8. The Kier molecular flexibility index (Phi) is 6.98. The molecule has 1 saturated carbocycles. The average Bonchev–Trinajstić information content (AvgIpc) is 3.20. The van der Waals surface area contributed by atoms with Gasteiger partial charge in [0, 0.05) is 39.1 Å². The van der Waals surface area contributed by atoms with Crippen molar-refractivity contribution in [3.8, 4) is 5.75 Å². The summed E-state index contributed by atoms with van der Waals surface area (Å²) in [5, 5.41) is 12.3. The third-order valence-electron chi connectivity index (χ3n) is 7.34. The minimum atomic E-state index is -0.751. The first kappa shape index (κ1) is 24.0. The quantitative estimate of drug-likeness (QED) is 0.721. The SMILES string of the molecule is CC(=O)N1C2CCC(C3CNN(CC(C)(C)O)C3)CC2N(C(=O)Oc2ccccc2)C[C@@H]1C. The van der Waals surface area contributed by atoms with Crippen LogP contribution in [0, 0.1) is 11.8 Å². The molecule has 2 N–H and O–H groups in total. The van der Waals surface area contributed by atoms with Crippen LogP contribution in [0.2, 0.25) is 0 Å². The van der Waals surface area contributed by atoms with Gasteiger partial charge in [0.15, 0.2) is 0 Å². The third-order valence-corrected chi connectivity index (χ3v) is 7.34. The van der Waals surface area contributed by atoms with Crippen LogP contribution in [-0.2, 0) is 4.79 Å². The molecule has 4 unspecified atom stereocenters. The molecular weight excluding hydrogens is 420 g/mol. The summed E-state index contributed by atoms with van der Waals surface area (Å²) in [7, 11) is 0. The Balaban J connectivity index is 1.49. The number of β-amino-alcohol motifs (C(OH)–C–C–N with tert-alkyl or cyclic N) is 1. The van der Waals surface area contributed by atoms with E-state index in [0.717, 1.165) is 32.4 Å². The van der Waals surface area contributed by atoms with Crippen molar-refractivity contribution in [1.82, 2.24) is 20.2 Å². The molecule has 4 rings (SSSR count). The molecule has 1 aromatic rings. The van der Waals surface area contributed by atoms with E-state index in [1.165, 1.54) is 0 Å². The van der Waals surface area contributed by atoms with Crippen molar-refractivity contribution in [2.45, 2.75) is 70.7 Å². The predicted molar refractivity (Wildman–Crippen MR) is 125 cm³/mol. The Morgan fingerprint density at radius 3 is 2.52 bits per heavy atom. The Labute approximate surface area is 196 Å². The van der Waals surface area contributed by atoms with Crippen molar-refractivity contribution < 1.29 is 19.4 Å². The van der Waals surface area contributed by atoms with Gasteiger partial charge in [0.25, 0.3) is 0 Å². The smallest absolute Gasteiger partial charge is 0.410 e. The number of fused-ring (bicyclic) bond motifs is 1. The van der Waals surface area contributed by atoms with E-state index >= 15 is 0 Å². The number of amides is 2. The molecule has 5 atom stereocenters. The predicted octanol–water partition coefficient (Wildman–Crippen LogP) is 2.48. The lowest BCUT2D eigenvalue weighted by Crippen LogP contribution is -2.67. The number of hydrogen-bond donors (Lipinski definition) is 2. The summed E-state index contributed by atoms with van der Waals surface area (Å²) in [4.78, 5) is 29.6. The fourth-order valence-electron chi connectivity index (χ4n) is 6.05. The Morgan fingerprint density at radius 2 is 1.85 bits per heavy atom. The molecule has 0 spiro atoms. The fourth-order valence-corrected chi connectivity index (χ4v) is 6.05. The molecule has 0 aromatic heterocycles. The van der Waals surface area contributed by atoms with Crippen LogP contribution in [0.25, 0.3) is 0 Å². The van der Waals surface area contributed by atoms with Gasteiger partial charge in [-0.3, -0.25) is 10.2 Å². The van der Waals surface area contributed by atoms with E-state index in [-0.39, 0.29) is 30.1 Å². The standard InChI is InChI=1S/C25H38N4O4/c1-17-14-28(24(31)33-21-8-6-5-7-9-21)23-12-19(10-11-22(23)29(17)18(2)30)20-13-26-27(15-20)16-25(3,4)32/h5-9,17,19-20,22-23,26,32H,10-16H2,1-4H3/t17-,19?,20?,22?,23?/m0/s1. The number of ether oxygens (including phenoxy) is 1. The van der Waals surface area contributed by atoms with E-state index in [1.807, 2.05) is 48.8 Å². The van der Waals surface area contributed by atoms with Crippen LogP contribution >= 0.6 is 0 Å². The minimum absolute atomic E-state index is 0.0210. The molecule has 33 heavy (non-hydrogen) atoms. The van der Waals surface area contributed by atoms with Gasteiger partial charge in [-0.2, -0.15) is 0 Å². The highest BCUT2D eigenvalue weighted by atomic mass is 16.6. The van der Waals surface area contributed by atoms with Crippen molar-refractivity contribution in [3.05, 3.63) is 30.3 Å². The second kappa shape index (κ2) is 9.60. The van der Waals surface area contributed by atoms with Crippen LogP contribution in [0.1, 0.15) is 47.0 Å². The van der Waals surface area contributed by atoms with E-state index in [0.29, 0.717) is 30.7 Å². The molecule has 3 aliphatic rings. The first-order valence-electron chi connectivity index (χ1n) is 12.2. The number of aliphatic hydroxyl groups is 1. The number of hydrogen-bond acceptors (Lipinski definition) is 6. The first-order valence-corrected chi connectivity index (χ1v) is 12.2. The topological polar surface area (TPSA) is 85.4 Å². The largest absolute Gasteiger partial charge is 0.415 e. The normalized spacial score (nSPS) is 30.8. The maximum atomic E-state index is 13.2. The van der Waals surface area contributed by atoms with E-state index in [1.54, 1.807) is 19.1 Å². The number of hydrazine groups is 1. The maximum absolute atomic E-state index is 13.2. The van der Waals surface area contributed by atoms with Crippen molar-refractivity contribution in [2.75, 3.05) is 26.2 Å². The second-order valence-corrected chi connectivity index (χ2v) is 10.6. The number of carbonyl (C=O) groups excluding carboxylic acids is 2. The van der Waals surface area contributed by atoms with Crippen LogP contribution in [0.4, 0.5) is 4.79 Å². The highest BCUT2D eigenvalue weighted by Crippen LogP contribution is 2.40. The lowest BCUT2D eigenvalue weighted by Gasteiger charge is -2.54. The first-order chi connectivity index (χ1) is 15.6. The Bertz CT molecular complexity index is 843. The molecule has 8 nitrogen and oxygen atoms in total. The van der Waals surface area contributed by atoms with Gasteiger partial charge in [-0.15, -0.1) is 0 Å². The monoisotopic (exact) mass is 458 g/mol. The summed E-state index contributed by atoms with van der Waals surface area (Å²) >= 11 is 0. The third kappa shape index (κ3) is 5.50. The number of nitrogens with zero attached hydrogens (tertiary/aromatic N) is 3. The summed E-state index contributed by atoms with van der Waals surface area (Å²) in [6.07, 6.45) is 2.44. The number of para-hydroxylation sites is 1. The van der Waals surface area contributed by atoms with Gasteiger partial charge in [-0.25, -0.2) is 9.80 Å². The molecular formula is C25H38N4O4. The summed E-state index contributed by atoms with van der Waals surface area (Å²) in [5.74, 6) is 1.51. The molecule has 182 valence electrons. The van der Waals surface area contributed by atoms with Gasteiger partial charge >= 0.3 is 6.09 Å². The number of rotatable bonds is 4. The van der Waals surface area contributed by atoms with Gasteiger partial charge in [0.2, 0.25) is 5.91 Å². The van der Waals surface area contributed by atoms with Crippen LogP contribution < -0.4 is 10.2 Å². The maximum Gasteiger partial charge on any atom is 0.415 e. The fraction of sp³-hybridized carbons (Fsp3) is 0.680. The zero-order valence-electron chi connectivity index (χ0n) is 20.2. The van der Waals surface area contributed by atoms with Crippen molar-refractivity contribution >= 4 is 12.0 Å². The molecule has 2 amide bonds. The Morgan fingerprint density at radius 1 is 1.12 bits per heavy atom. The van der Waals surface area contributed by atoms with Crippen molar-refractivity contribution in [1.29, 1.82) is 0 Å². The molecule has 3 fully saturated rings. The van der Waals surface area contributed by atoms with E-state index < -0.39 is 5.60 Å². The van der Waals surface area contributed by atoms with Crippen LogP contribution in [0.15, 0.2) is 30.3 Å². The number of piperazine rings is 1. The van der Waals surface area contributed by atoms with Gasteiger partial charge in [-0.1, -0.05) is 18.2 Å². The molecule has 2 aliphatic heterocycles. The summed E-state index contributed by atoms with van der Waals surface area (Å²) in [6, 6.07) is 9.10. The molecule has 8 heteroatoms. The van der Waals surface area contributed by atoms with Gasteiger partial charge in [0.1, 0.15) is 5.75 Å². The lowest BCUT2D eigenvalue weighted by atomic mass is 9.73. The van der Waals surface area contributed by atoms with Gasteiger partial charge in [0.05, 0.1) is 17.7 Å². The summed E-state index contributed by atoms with van der Waals surface area (Å²) in [5.41, 5.74) is 2.69. The number of nitrogens with one attached hydrogen (secondary N) is 1. The Hall–Kier alpha value is -2.16. The van der Waals surface area contributed by atoms with Crippen LogP contribution in [-0.4, -0.2) is 81.8 Å². The summed E-state index contributed by atoms with van der Waals surface area (Å²) in [6.45, 7) is 10.1. The van der Waals surface area contributed by atoms with Gasteiger partial charge in [-0.05, 0) is 64.0 Å². The van der Waals surface area contributed by atoms with E-state index in [2.05, 4.69) is 10.4 Å².